The number of aliphatic hydroxyl groups excluding tert-OH is 1. The molecule has 100 valence electrons. The Morgan fingerprint density at radius 1 is 0.895 bits per heavy atom. The maximum Gasteiger partial charge on any atom is 0.104 e. The average Bonchev–Trinajstić information content (AvgIpc) is 2.41. The van der Waals surface area contributed by atoms with Gasteiger partial charge >= 0.3 is 0 Å². The molecule has 3 N–H and O–H groups in total. The molecule has 0 saturated heterocycles. The van der Waals surface area contributed by atoms with Crippen LogP contribution in [0.3, 0.4) is 0 Å². The van der Waals surface area contributed by atoms with Crippen LogP contribution in [0, 0.1) is 6.92 Å². The number of aliphatic hydroxyl groups is 1. The van der Waals surface area contributed by atoms with Crippen molar-refractivity contribution in [3.05, 3.63) is 64.7 Å². The van der Waals surface area contributed by atoms with Crippen molar-refractivity contribution in [1.29, 1.82) is 0 Å². The predicted molar refractivity (Wildman–Crippen MR) is 80.2 cm³/mol. The maximum atomic E-state index is 10.4. The zero-order valence-corrected chi connectivity index (χ0v) is 11.7. The Morgan fingerprint density at radius 2 is 1.42 bits per heavy atom. The third-order valence-electron chi connectivity index (χ3n) is 3.54. The number of hydrogen-bond donors (Lipinski definition) is 2. The van der Waals surface area contributed by atoms with Crippen LogP contribution in [0.2, 0.25) is 0 Å². The highest BCUT2D eigenvalue weighted by molar-refractivity contribution is 5.50. The molecule has 0 fully saturated rings. The summed E-state index contributed by atoms with van der Waals surface area (Å²) in [7, 11) is 0. The molecule has 2 aromatic rings. The summed E-state index contributed by atoms with van der Waals surface area (Å²) in [4.78, 5) is 0. The Hall–Kier alpha value is -1.80. The molecule has 0 bridgehead atoms. The summed E-state index contributed by atoms with van der Waals surface area (Å²) in [5.74, 6) is 0.501. The molecular weight excluding hydrogens is 234 g/mol. The van der Waals surface area contributed by atoms with Crippen LogP contribution in [0.15, 0.2) is 42.5 Å². The molecule has 0 unspecified atom stereocenters. The Balaban J connectivity index is 2.27. The zero-order valence-electron chi connectivity index (χ0n) is 11.7. The maximum absolute atomic E-state index is 10.4. The highest BCUT2D eigenvalue weighted by atomic mass is 16.3. The van der Waals surface area contributed by atoms with Crippen LogP contribution in [0.4, 0.5) is 5.69 Å². The highest BCUT2D eigenvalue weighted by Crippen LogP contribution is 2.26. The first-order chi connectivity index (χ1) is 8.99. The lowest BCUT2D eigenvalue weighted by Crippen LogP contribution is -2.02. The summed E-state index contributed by atoms with van der Waals surface area (Å²) < 4.78 is 0. The molecule has 2 heteroatoms. The van der Waals surface area contributed by atoms with Crippen molar-refractivity contribution in [3.63, 3.8) is 0 Å². The van der Waals surface area contributed by atoms with Gasteiger partial charge in [0, 0.05) is 5.69 Å². The van der Waals surface area contributed by atoms with Gasteiger partial charge in [0.15, 0.2) is 0 Å². The standard InChI is InChI=1S/C17H21NO/c1-11(2)13-6-8-14(9-7-13)17(19)15-5-4-12(3)16(18)10-15/h4-11,17,19H,18H2,1-3H3/t17-/m0/s1. The lowest BCUT2D eigenvalue weighted by Gasteiger charge is -2.14. The third kappa shape index (κ3) is 2.96. The average molecular weight is 255 g/mol. The van der Waals surface area contributed by atoms with Crippen molar-refractivity contribution in [2.45, 2.75) is 32.8 Å². The first-order valence-electron chi connectivity index (χ1n) is 6.63. The fourth-order valence-corrected chi connectivity index (χ4v) is 2.08. The van der Waals surface area contributed by atoms with E-state index in [9.17, 15) is 5.11 Å². The number of nitrogens with two attached hydrogens (primary N) is 1. The van der Waals surface area contributed by atoms with Crippen molar-refractivity contribution in [2.24, 2.45) is 0 Å². The first-order valence-corrected chi connectivity index (χ1v) is 6.63. The topological polar surface area (TPSA) is 46.2 Å². The van der Waals surface area contributed by atoms with Gasteiger partial charge in [-0.3, -0.25) is 0 Å². The van der Waals surface area contributed by atoms with Gasteiger partial charge in [-0.2, -0.15) is 0 Å². The van der Waals surface area contributed by atoms with E-state index in [1.54, 1.807) is 0 Å². The molecule has 2 nitrogen and oxygen atoms in total. The molecule has 0 amide bonds. The summed E-state index contributed by atoms with van der Waals surface area (Å²) in [6.45, 7) is 6.28. The van der Waals surface area contributed by atoms with E-state index in [0.717, 1.165) is 22.4 Å². The van der Waals surface area contributed by atoms with Crippen LogP contribution in [-0.2, 0) is 0 Å². The van der Waals surface area contributed by atoms with E-state index in [0.29, 0.717) is 5.92 Å². The molecule has 0 aromatic heterocycles. The van der Waals surface area contributed by atoms with E-state index in [1.807, 2.05) is 37.3 Å². The Labute approximate surface area is 114 Å². The van der Waals surface area contributed by atoms with Gasteiger partial charge in [0.05, 0.1) is 0 Å². The van der Waals surface area contributed by atoms with Crippen molar-refractivity contribution >= 4 is 5.69 Å². The van der Waals surface area contributed by atoms with Gasteiger partial charge in [0.2, 0.25) is 0 Å². The van der Waals surface area contributed by atoms with E-state index in [-0.39, 0.29) is 0 Å². The van der Waals surface area contributed by atoms with Gasteiger partial charge in [0.1, 0.15) is 6.10 Å². The second kappa shape index (κ2) is 5.45. The van der Waals surface area contributed by atoms with Crippen LogP contribution < -0.4 is 5.73 Å². The normalized spacial score (nSPS) is 12.7. The van der Waals surface area contributed by atoms with E-state index in [1.165, 1.54) is 5.56 Å². The summed E-state index contributed by atoms with van der Waals surface area (Å²) in [6.07, 6.45) is -0.621. The van der Waals surface area contributed by atoms with Crippen LogP contribution in [0.25, 0.3) is 0 Å². The van der Waals surface area contributed by atoms with Crippen LogP contribution in [0.1, 0.15) is 48.1 Å². The molecule has 0 aliphatic rings. The minimum absolute atomic E-state index is 0.501. The fourth-order valence-electron chi connectivity index (χ4n) is 2.08. The highest BCUT2D eigenvalue weighted by Gasteiger charge is 2.11. The minimum Gasteiger partial charge on any atom is -0.399 e. The van der Waals surface area contributed by atoms with E-state index < -0.39 is 6.10 Å². The molecular formula is C17H21NO. The summed E-state index contributed by atoms with van der Waals surface area (Å²) in [5, 5.41) is 10.4. The number of rotatable bonds is 3. The Kier molecular flexibility index (Phi) is 3.91. The molecule has 0 aliphatic carbocycles. The predicted octanol–water partition coefficient (Wildman–Crippen LogP) is 3.78. The second-order valence-electron chi connectivity index (χ2n) is 5.34. The molecule has 0 radical (unpaired) electrons. The van der Waals surface area contributed by atoms with Crippen LogP contribution in [-0.4, -0.2) is 5.11 Å². The van der Waals surface area contributed by atoms with Crippen molar-refractivity contribution in [2.75, 3.05) is 5.73 Å². The number of anilines is 1. The SMILES string of the molecule is Cc1ccc([C@@H](O)c2ccc(C(C)C)cc2)cc1N. The Morgan fingerprint density at radius 3 is 1.95 bits per heavy atom. The van der Waals surface area contributed by atoms with Gasteiger partial charge in [-0.1, -0.05) is 50.2 Å². The van der Waals surface area contributed by atoms with Gasteiger partial charge in [-0.25, -0.2) is 0 Å². The van der Waals surface area contributed by atoms with E-state index >= 15 is 0 Å². The molecule has 0 saturated carbocycles. The largest absolute Gasteiger partial charge is 0.399 e. The van der Waals surface area contributed by atoms with Crippen molar-refractivity contribution in [1.82, 2.24) is 0 Å². The zero-order chi connectivity index (χ0) is 14.0. The number of benzene rings is 2. The number of nitrogen functional groups attached to an aromatic ring is 1. The molecule has 2 aromatic carbocycles. The molecule has 19 heavy (non-hydrogen) atoms. The van der Waals surface area contributed by atoms with Crippen molar-refractivity contribution < 1.29 is 5.11 Å². The van der Waals surface area contributed by atoms with Crippen LogP contribution in [0.5, 0.6) is 0 Å². The number of aryl methyl sites for hydroxylation is 1. The summed E-state index contributed by atoms with van der Waals surface area (Å²) in [6, 6.07) is 13.8. The van der Waals surface area contributed by atoms with Gasteiger partial charge in [0.25, 0.3) is 0 Å². The van der Waals surface area contributed by atoms with Crippen LogP contribution >= 0.6 is 0 Å². The molecule has 0 aliphatic heterocycles. The molecule has 1 atom stereocenters. The van der Waals surface area contributed by atoms with Gasteiger partial charge < -0.3 is 10.8 Å². The third-order valence-corrected chi connectivity index (χ3v) is 3.54. The second-order valence-corrected chi connectivity index (χ2v) is 5.34. The molecule has 0 spiro atoms. The van der Waals surface area contributed by atoms with E-state index in [2.05, 4.69) is 26.0 Å². The minimum atomic E-state index is -0.621. The summed E-state index contributed by atoms with van der Waals surface area (Å²) >= 11 is 0. The first kappa shape index (κ1) is 13.6. The molecule has 0 heterocycles. The fraction of sp³-hybridized carbons (Fsp3) is 0.294. The summed E-state index contributed by atoms with van der Waals surface area (Å²) in [5.41, 5.74) is 10.6. The lowest BCUT2D eigenvalue weighted by molar-refractivity contribution is 0.220. The van der Waals surface area contributed by atoms with Gasteiger partial charge in [-0.05, 0) is 41.2 Å². The number of hydrogen-bond acceptors (Lipinski definition) is 2. The van der Waals surface area contributed by atoms with Crippen molar-refractivity contribution in [3.8, 4) is 0 Å². The van der Waals surface area contributed by atoms with E-state index in [4.69, 9.17) is 5.73 Å². The molecule has 2 rings (SSSR count). The lowest BCUT2D eigenvalue weighted by atomic mass is 9.96. The van der Waals surface area contributed by atoms with Gasteiger partial charge in [-0.15, -0.1) is 0 Å². The quantitative estimate of drug-likeness (QED) is 0.820. The monoisotopic (exact) mass is 255 g/mol. The smallest absolute Gasteiger partial charge is 0.104 e. The Bertz CT molecular complexity index is 558.